The summed E-state index contributed by atoms with van der Waals surface area (Å²) < 4.78 is 1.71. The maximum Gasteiger partial charge on any atom is 0.131 e. The van der Waals surface area contributed by atoms with Crippen LogP contribution in [0.5, 0.6) is 0 Å². The third kappa shape index (κ3) is 2.25. The molecule has 0 aliphatic heterocycles. The van der Waals surface area contributed by atoms with Gasteiger partial charge in [0, 0.05) is 30.2 Å². The van der Waals surface area contributed by atoms with Gasteiger partial charge >= 0.3 is 0 Å². The van der Waals surface area contributed by atoms with Crippen molar-refractivity contribution < 1.29 is 0 Å². The van der Waals surface area contributed by atoms with Crippen molar-refractivity contribution in [1.82, 2.24) is 9.78 Å². The molecule has 3 rings (SSSR count). The van der Waals surface area contributed by atoms with Crippen LogP contribution in [0.15, 0.2) is 42.5 Å². The van der Waals surface area contributed by atoms with Gasteiger partial charge in [-0.15, -0.1) is 0 Å². The molecule has 0 aliphatic carbocycles. The summed E-state index contributed by atoms with van der Waals surface area (Å²) in [5.74, 6) is 0. The van der Waals surface area contributed by atoms with Crippen molar-refractivity contribution in [3.8, 4) is 0 Å². The molecule has 4 heteroatoms. The molecule has 0 aliphatic rings. The van der Waals surface area contributed by atoms with Gasteiger partial charge in [-0.25, -0.2) is 0 Å². The van der Waals surface area contributed by atoms with E-state index < -0.39 is 0 Å². The van der Waals surface area contributed by atoms with Crippen molar-refractivity contribution in [2.24, 2.45) is 7.05 Å². The number of nitrogens with zero attached hydrogens (tertiary/aromatic N) is 2. The average Bonchev–Trinajstić information content (AvgIpc) is 2.70. The lowest BCUT2D eigenvalue weighted by Crippen LogP contribution is -2.01. The molecule has 0 spiro atoms. The van der Waals surface area contributed by atoms with E-state index in [2.05, 4.69) is 46.8 Å². The summed E-state index contributed by atoms with van der Waals surface area (Å²) in [5, 5.41) is 10.9. The van der Waals surface area contributed by atoms with Gasteiger partial charge in [0.1, 0.15) is 5.15 Å². The Bertz CT molecular complexity index is 756. The molecule has 1 heterocycles. The molecule has 0 fully saturated rings. The van der Waals surface area contributed by atoms with E-state index in [0.29, 0.717) is 11.7 Å². The summed E-state index contributed by atoms with van der Waals surface area (Å²) in [4.78, 5) is 0. The van der Waals surface area contributed by atoms with Crippen LogP contribution in [0.4, 0.5) is 5.69 Å². The Labute approximate surface area is 123 Å². The van der Waals surface area contributed by atoms with Crippen LogP contribution in [0.25, 0.3) is 10.8 Å². The van der Waals surface area contributed by atoms with Crippen molar-refractivity contribution >= 4 is 28.1 Å². The van der Waals surface area contributed by atoms with E-state index in [1.165, 1.54) is 10.8 Å². The normalized spacial score (nSPS) is 10.9. The molecule has 0 radical (unpaired) electrons. The molecule has 3 aromatic rings. The number of hydrogen-bond donors (Lipinski definition) is 1. The Balaban J connectivity index is 1.91. The van der Waals surface area contributed by atoms with E-state index in [1.807, 2.05) is 20.0 Å². The molecule has 1 aromatic heterocycles. The summed E-state index contributed by atoms with van der Waals surface area (Å²) >= 11 is 6.26. The Morgan fingerprint density at radius 1 is 1.15 bits per heavy atom. The van der Waals surface area contributed by atoms with Crippen LogP contribution < -0.4 is 5.32 Å². The van der Waals surface area contributed by atoms with Crippen molar-refractivity contribution in [2.45, 2.75) is 13.5 Å². The molecule has 102 valence electrons. The fourth-order valence-corrected chi connectivity index (χ4v) is 2.68. The Morgan fingerprint density at radius 2 is 1.90 bits per heavy atom. The van der Waals surface area contributed by atoms with Crippen LogP contribution in [-0.2, 0) is 13.6 Å². The number of anilines is 1. The van der Waals surface area contributed by atoms with E-state index in [1.54, 1.807) is 4.68 Å². The second-order valence-corrected chi connectivity index (χ2v) is 5.22. The van der Waals surface area contributed by atoms with Gasteiger partial charge in [0.25, 0.3) is 0 Å². The number of nitrogens with one attached hydrogen (secondary N) is 1. The highest BCUT2D eigenvalue weighted by Gasteiger charge is 2.11. The molecule has 0 amide bonds. The van der Waals surface area contributed by atoms with Gasteiger partial charge < -0.3 is 5.32 Å². The van der Waals surface area contributed by atoms with Gasteiger partial charge in [-0.2, -0.15) is 5.10 Å². The summed E-state index contributed by atoms with van der Waals surface area (Å²) in [7, 11) is 1.86. The van der Waals surface area contributed by atoms with Gasteiger partial charge in [0.2, 0.25) is 0 Å². The molecule has 0 unspecified atom stereocenters. The van der Waals surface area contributed by atoms with Gasteiger partial charge in [-0.1, -0.05) is 48.0 Å². The van der Waals surface area contributed by atoms with Gasteiger partial charge in [-0.3, -0.25) is 4.68 Å². The number of aromatic nitrogens is 2. The number of hydrogen-bond acceptors (Lipinski definition) is 2. The van der Waals surface area contributed by atoms with Gasteiger partial charge in [0.15, 0.2) is 0 Å². The number of halogens is 1. The lowest BCUT2D eigenvalue weighted by molar-refractivity contribution is 0.757. The zero-order chi connectivity index (χ0) is 14.1. The standard InChI is InChI=1S/C16H16ClN3/c1-11-14(16(17)20(2)19-11)10-18-15-9-5-7-12-6-3-4-8-13(12)15/h3-9,18H,10H2,1-2H3. The van der Waals surface area contributed by atoms with Crippen molar-refractivity contribution in [3.63, 3.8) is 0 Å². The van der Waals surface area contributed by atoms with Crippen molar-refractivity contribution in [2.75, 3.05) is 5.32 Å². The smallest absolute Gasteiger partial charge is 0.131 e. The number of benzene rings is 2. The monoisotopic (exact) mass is 285 g/mol. The van der Waals surface area contributed by atoms with E-state index in [-0.39, 0.29) is 0 Å². The topological polar surface area (TPSA) is 29.9 Å². The van der Waals surface area contributed by atoms with E-state index in [0.717, 1.165) is 16.9 Å². The maximum absolute atomic E-state index is 6.26. The van der Waals surface area contributed by atoms with Crippen LogP contribution in [0.1, 0.15) is 11.3 Å². The SMILES string of the molecule is Cc1nn(C)c(Cl)c1CNc1cccc2ccccc12. The third-order valence-corrected chi connectivity index (χ3v) is 3.99. The van der Waals surface area contributed by atoms with E-state index in [9.17, 15) is 0 Å². The van der Waals surface area contributed by atoms with Gasteiger partial charge in [0.05, 0.1) is 5.69 Å². The first-order chi connectivity index (χ1) is 9.66. The van der Waals surface area contributed by atoms with Crippen molar-refractivity contribution in [3.05, 3.63) is 58.9 Å². The molecular weight excluding hydrogens is 270 g/mol. The lowest BCUT2D eigenvalue weighted by atomic mass is 10.1. The summed E-state index contributed by atoms with van der Waals surface area (Å²) in [6.07, 6.45) is 0. The molecule has 0 atom stereocenters. The Kier molecular flexibility index (Phi) is 3.36. The Morgan fingerprint density at radius 3 is 2.65 bits per heavy atom. The molecular formula is C16H16ClN3. The average molecular weight is 286 g/mol. The van der Waals surface area contributed by atoms with Crippen LogP contribution in [0, 0.1) is 6.92 Å². The van der Waals surface area contributed by atoms with Crippen LogP contribution in [-0.4, -0.2) is 9.78 Å². The van der Waals surface area contributed by atoms with Crippen LogP contribution in [0.2, 0.25) is 5.15 Å². The van der Waals surface area contributed by atoms with E-state index >= 15 is 0 Å². The first-order valence-electron chi connectivity index (χ1n) is 6.56. The first kappa shape index (κ1) is 13.0. The molecule has 3 nitrogen and oxygen atoms in total. The zero-order valence-electron chi connectivity index (χ0n) is 11.5. The molecule has 0 saturated heterocycles. The molecule has 0 bridgehead atoms. The minimum Gasteiger partial charge on any atom is -0.380 e. The quantitative estimate of drug-likeness (QED) is 0.783. The summed E-state index contributed by atoms with van der Waals surface area (Å²) in [5.41, 5.74) is 3.12. The second kappa shape index (κ2) is 5.17. The minimum absolute atomic E-state index is 0.673. The highest BCUT2D eigenvalue weighted by Crippen LogP contribution is 2.25. The number of rotatable bonds is 3. The highest BCUT2D eigenvalue weighted by atomic mass is 35.5. The van der Waals surface area contributed by atoms with Gasteiger partial charge in [-0.05, 0) is 18.4 Å². The third-order valence-electron chi connectivity index (χ3n) is 3.52. The van der Waals surface area contributed by atoms with E-state index in [4.69, 9.17) is 11.6 Å². The fourth-order valence-electron chi connectivity index (χ4n) is 2.44. The Hall–Kier alpha value is -2.00. The predicted octanol–water partition coefficient (Wildman–Crippen LogP) is 4.15. The van der Waals surface area contributed by atoms with Crippen LogP contribution in [0.3, 0.4) is 0 Å². The molecule has 2 aromatic carbocycles. The molecule has 20 heavy (non-hydrogen) atoms. The first-order valence-corrected chi connectivity index (χ1v) is 6.94. The second-order valence-electron chi connectivity index (χ2n) is 4.86. The minimum atomic E-state index is 0.673. The number of fused-ring (bicyclic) bond motifs is 1. The molecule has 1 N–H and O–H groups in total. The lowest BCUT2D eigenvalue weighted by Gasteiger charge is -2.09. The highest BCUT2D eigenvalue weighted by molar-refractivity contribution is 6.30. The fraction of sp³-hybridized carbons (Fsp3) is 0.188. The summed E-state index contributed by atoms with van der Waals surface area (Å²) in [6, 6.07) is 14.6. The molecule has 0 saturated carbocycles. The number of aryl methyl sites for hydroxylation is 2. The largest absolute Gasteiger partial charge is 0.380 e. The summed E-state index contributed by atoms with van der Waals surface area (Å²) in [6.45, 7) is 2.65. The van der Waals surface area contributed by atoms with Crippen molar-refractivity contribution in [1.29, 1.82) is 0 Å². The predicted molar refractivity (Wildman–Crippen MR) is 84.2 cm³/mol. The van der Waals surface area contributed by atoms with Crippen LogP contribution >= 0.6 is 11.6 Å². The zero-order valence-corrected chi connectivity index (χ0v) is 12.3. The maximum atomic E-state index is 6.26.